The number of hydrogen-bond acceptors (Lipinski definition) is 2. The van der Waals surface area contributed by atoms with Gasteiger partial charge in [-0.3, -0.25) is 4.68 Å². The maximum Gasteiger partial charge on any atom is 0.416 e. The molecule has 0 atom stereocenters. The van der Waals surface area contributed by atoms with Crippen LogP contribution in [0.2, 0.25) is 0 Å². The molecule has 2 N–H and O–H groups in total. The van der Waals surface area contributed by atoms with Crippen molar-refractivity contribution in [3.63, 3.8) is 0 Å². The summed E-state index contributed by atoms with van der Waals surface area (Å²) in [5.41, 5.74) is 7.53. The van der Waals surface area contributed by atoms with Gasteiger partial charge in [0, 0.05) is 24.0 Å². The van der Waals surface area contributed by atoms with Crippen molar-refractivity contribution in [1.82, 2.24) is 9.78 Å². The monoisotopic (exact) mass is 269 g/mol. The van der Waals surface area contributed by atoms with E-state index in [1.807, 2.05) is 6.92 Å². The molecule has 0 amide bonds. The number of aromatic nitrogens is 2. The summed E-state index contributed by atoms with van der Waals surface area (Å²) < 4.78 is 40.0. The van der Waals surface area contributed by atoms with Crippen molar-refractivity contribution in [2.24, 2.45) is 7.05 Å². The number of nitrogen functional groups attached to an aromatic ring is 1. The first-order valence-electron chi connectivity index (χ1n) is 5.68. The number of aryl methyl sites for hydroxylation is 2. The molecule has 0 aliphatic rings. The number of hydrogen-bond donors (Lipinski definition) is 1. The number of benzene rings is 1. The molecule has 0 radical (unpaired) electrons. The van der Waals surface area contributed by atoms with Gasteiger partial charge in [0.1, 0.15) is 0 Å². The van der Waals surface area contributed by atoms with Gasteiger partial charge >= 0.3 is 6.18 Å². The van der Waals surface area contributed by atoms with E-state index in [9.17, 15) is 13.2 Å². The molecule has 0 aliphatic heterocycles. The minimum absolute atomic E-state index is 0.0903. The normalized spacial score (nSPS) is 11.9. The molecule has 0 unspecified atom stereocenters. The van der Waals surface area contributed by atoms with Gasteiger partial charge in [-0.25, -0.2) is 0 Å². The van der Waals surface area contributed by atoms with E-state index in [0.717, 1.165) is 17.8 Å². The zero-order chi connectivity index (χ0) is 14.4. The summed E-state index contributed by atoms with van der Waals surface area (Å²) in [7, 11) is 1.75. The molecule has 1 aromatic heterocycles. The number of nitrogens with zero attached hydrogens (tertiary/aromatic N) is 2. The molecule has 0 spiro atoms. The Morgan fingerprint density at radius 2 is 1.79 bits per heavy atom. The predicted octanol–water partition coefficient (Wildman–Crippen LogP) is 3.30. The lowest BCUT2D eigenvalue weighted by Gasteiger charge is -2.11. The Morgan fingerprint density at radius 1 is 1.16 bits per heavy atom. The topological polar surface area (TPSA) is 43.8 Å². The molecule has 3 nitrogen and oxygen atoms in total. The number of anilines is 1. The molecule has 1 aromatic carbocycles. The highest BCUT2D eigenvalue weighted by Gasteiger charge is 2.31. The third kappa shape index (κ3) is 2.43. The number of halogens is 3. The van der Waals surface area contributed by atoms with Crippen molar-refractivity contribution in [3.8, 4) is 11.1 Å². The molecule has 0 fully saturated rings. The summed E-state index contributed by atoms with van der Waals surface area (Å²) in [6, 6.07) is 3.57. The second kappa shape index (κ2) is 4.29. The summed E-state index contributed by atoms with van der Waals surface area (Å²) in [4.78, 5) is 0. The predicted molar refractivity (Wildman–Crippen MR) is 67.5 cm³/mol. The summed E-state index contributed by atoms with van der Waals surface area (Å²) >= 11 is 0. The van der Waals surface area contributed by atoms with Gasteiger partial charge in [-0.15, -0.1) is 0 Å². The smallest absolute Gasteiger partial charge is 0.399 e. The summed E-state index contributed by atoms with van der Waals surface area (Å²) in [6.07, 6.45) is -4.41. The Labute approximate surface area is 108 Å². The van der Waals surface area contributed by atoms with E-state index in [0.29, 0.717) is 16.8 Å². The Morgan fingerprint density at radius 3 is 2.26 bits per heavy atom. The molecule has 0 bridgehead atoms. The maximum absolute atomic E-state index is 12.8. The first-order chi connectivity index (χ1) is 8.70. The fourth-order valence-electron chi connectivity index (χ4n) is 2.15. The van der Waals surface area contributed by atoms with E-state index in [1.54, 1.807) is 18.7 Å². The van der Waals surface area contributed by atoms with E-state index in [1.165, 1.54) is 6.07 Å². The van der Waals surface area contributed by atoms with Crippen molar-refractivity contribution >= 4 is 5.69 Å². The SMILES string of the molecule is Cc1nn(C)c(C)c1-c1cc(N)cc(C(F)(F)F)c1. The zero-order valence-electron chi connectivity index (χ0n) is 10.8. The highest BCUT2D eigenvalue weighted by Crippen LogP contribution is 2.35. The lowest BCUT2D eigenvalue weighted by Crippen LogP contribution is -2.06. The Hall–Kier alpha value is -1.98. The van der Waals surface area contributed by atoms with Crippen LogP contribution in [-0.2, 0) is 13.2 Å². The minimum atomic E-state index is -4.41. The van der Waals surface area contributed by atoms with Crippen LogP contribution in [0, 0.1) is 13.8 Å². The van der Waals surface area contributed by atoms with Crippen LogP contribution in [0.15, 0.2) is 18.2 Å². The number of nitrogens with two attached hydrogens (primary N) is 1. The molecule has 1 heterocycles. The molecular formula is C13H14F3N3. The molecule has 0 saturated carbocycles. The Kier molecular flexibility index (Phi) is 3.04. The minimum Gasteiger partial charge on any atom is -0.399 e. The van der Waals surface area contributed by atoms with Crippen LogP contribution in [0.3, 0.4) is 0 Å². The van der Waals surface area contributed by atoms with Gasteiger partial charge < -0.3 is 5.73 Å². The summed E-state index contributed by atoms with van der Waals surface area (Å²) in [6.45, 7) is 3.57. The zero-order valence-corrected chi connectivity index (χ0v) is 10.8. The second-order valence-corrected chi connectivity index (χ2v) is 4.51. The quantitative estimate of drug-likeness (QED) is 0.807. The van der Waals surface area contributed by atoms with E-state index in [-0.39, 0.29) is 5.69 Å². The van der Waals surface area contributed by atoms with Gasteiger partial charge in [-0.1, -0.05) is 0 Å². The highest BCUT2D eigenvalue weighted by atomic mass is 19.4. The molecule has 2 rings (SSSR count). The lowest BCUT2D eigenvalue weighted by atomic mass is 10.0. The lowest BCUT2D eigenvalue weighted by molar-refractivity contribution is -0.137. The first kappa shape index (κ1) is 13.5. The molecule has 102 valence electrons. The van der Waals surface area contributed by atoms with Crippen LogP contribution in [-0.4, -0.2) is 9.78 Å². The van der Waals surface area contributed by atoms with Gasteiger partial charge in [0.2, 0.25) is 0 Å². The third-order valence-corrected chi connectivity index (χ3v) is 3.08. The van der Waals surface area contributed by atoms with Crippen LogP contribution in [0.5, 0.6) is 0 Å². The largest absolute Gasteiger partial charge is 0.416 e. The number of alkyl halides is 3. The van der Waals surface area contributed by atoms with E-state index in [2.05, 4.69) is 5.10 Å². The molecule has 0 aliphatic carbocycles. The van der Waals surface area contributed by atoms with Gasteiger partial charge in [0.25, 0.3) is 0 Å². The fraction of sp³-hybridized carbons (Fsp3) is 0.308. The fourth-order valence-corrected chi connectivity index (χ4v) is 2.15. The van der Waals surface area contributed by atoms with Crippen molar-refractivity contribution in [1.29, 1.82) is 0 Å². The molecular weight excluding hydrogens is 255 g/mol. The Balaban J connectivity index is 2.66. The van der Waals surface area contributed by atoms with E-state index >= 15 is 0 Å². The highest BCUT2D eigenvalue weighted by molar-refractivity contribution is 5.72. The van der Waals surface area contributed by atoms with Gasteiger partial charge in [0.15, 0.2) is 0 Å². The van der Waals surface area contributed by atoms with Gasteiger partial charge in [0.05, 0.1) is 11.3 Å². The van der Waals surface area contributed by atoms with Crippen molar-refractivity contribution < 1.29 is 13.2 Å². The van der Waals surface area contributed by atoms with Crippen molar-refractivity contribution in [3.05, 3.63) is 35.2 Å². The van der Waals surface area contributed by atoms with Gasteiger partial charge in [-0.05, 0) is 37.6 Å². The summed E-state index contributed by atoms with van der Waals surface area (Å²) in [5.74, 6) is 0. The second-order valence-electron chi connectivity index (χ2n) is 4.51. The van der Waals surface area contributed by atoms with Crippen molar-refractivity contribution in [2.45, 2.75) is 20.0 Å². The third-order valence-electron chi connectivity index (χ3n) is 3.08. The maximum atomic E-state index is 12.8. The van der Waals surface area contributed by atoms with Gasteiger partial charge in [-0.2, -0.15) is 18.3 Å². The average molecular weight is 269 g/mol. The average Bonchev–Trinajstić information content (AvgIpc) is 2.51. The van der Waals surface area contributed by atoms with Crippen molar-refractivity contribution in [2.75, 3.05) is 5.73 Å². The van der Waals surface area contributed by atoms with Crippen LogP contribution in [0.25, 0.3) is 11.1 Å². The Bertz CT molecular complexity index is 627. The van der Waals surface area contributed by atoms with Crippen LogP contribution in [0.4, 0.5) is 18.9 Å². The summed E-state index contributed by atoms with van der Waals surface area (Å²) in [5, 5.41) is 4.20. The first-order valence-corrected chi connectivity index (χ1v) is 5.68. The van der Waals surface area contributed by atoms with E-state index < -0.39 is 11.7 Å². The van der Waals surface area contributed by atoms with Crippen LogP contribution < -0.4 is 5.73 Å². The molecule has 19 heavy (non-hydrogen) atoms. The van der Waals surface area contributed by atoms with Crippen LogP contribution >= 0.6 is 0 Å². The standard InChI is InChI=1S/C13H14F3N3/c1-7-12(8(2)19(3)18-7)9-4-10(13(14,15)16)6-11(17)5-9/h4-6H,17H2,1-3H3. The number of rotatable bonds is 1. The molecule has 2 aromatic rings. The van der Waals surface area contributed by atoms with E-state index in [4.69, 9.17) is 5.73 Å². The molecule has 0 saturated heterocycles. The molecule has 6 heteroatoms. The van der Waals surface area contributed by atoms with Crippen LogP contribution in [0.1, 0.15) is 17.0 Å².